The van der Waals surface area contributed by atoms with Gasteiger partial charge in [0, 0.05) is 11.6 Å². The van der Waals surface area contributed by atoms with Gasteiger partial charge >= 0.3 is 0 Å². The Morgan fingerprint density at radius 1 is 1.38 bits per heavy atom. The number of aromatic nitrogens is 2. The summed E-state index contributed by atoms with van der Waals surface area (Å²) < 4.78 is 5.05. The van der Waals surface area contributed by atoms with Gasteiger partial charge in [-0.25, -0.2) is 4.99 Å². The van der Waals surface area contributed by atoms with Crippen LogP contribution in [0.3, 0.4) is 0 Å². The standard InChI is InChI=1S/C14H18ClN5O/c1-3-16-14(18-9-13-19-10(2)20-21-13)17-8-11-5-4-6-12(15)7-11/h4-7H,3,8-9H2,1-2H3,(H2,16,17,18). The first-order valence-electron chi connectivity index (χ1n) is 6.73. The van der Waals surface area contributed by atoms with Crippen LogP contribution in [-0.4, -0.2) is 22.6 Å². The number of guanidine groups is 1. The fourth-order valence-electron chi connectivity index (χ4n) is 1.72. The molecule has 0 unspecified atom stereocenters. The minimum Gasteiger partial charge on any atom is -0.357 e. The highest BCUT2D eigenvalue weighted by Crippen LogP contribution is 2.11. The first kappa shape index (κ1) is 15.3. The lowest BCUT2D eigenvalue weighted by molar-refractivity contribution is 0.371. The smallest absolute Gasteiger partial charge is 0.246 e. The van der Waals surface area contributed by atoms with Crippen molar-refractivity contribution < 1.29 is 4.52 Å². The Labute approximate surface area is 128 Å². The second-order valence-electron chi connectivity index (χ2n) is 4.41. The van der Waals surface area contributed by atoms with Crippen LogP contribution in [0.1, 0.15) is 24.2 Å². The number of benzene rings is 1. The number of nitrogens with zero attached hydrogens (tertiary/aromatic N) is 3. The molecule has 0 bridgehead atoms. The van der Waals surface area contributed by atoms with Crippen LogP contribution in [0, 0.1) is 6.92 Å². The number of halogens is 1. The van der Waals surface area contributed by atoms with Crippen molar-refractivity contribution in [2.45, 2.75) is 26.9 Å². The zero-order chi connectivity index (χ0) is 15.1. The van der Waals surface area contributed by atoms with E-state index in [1.807, 2.05) is 31.2 Å². The van der Waals surface area contributed by atoms with Crippen LogP contribution in [0.5, 0.6) is 0 Å². The van der Waals surface area contributed by atoms with Gasteiger partial charge in [-0.15, -0.1) is 0 Å². The number of nitrogens with one attached hydrogen (secondary N) is 2. The van der Waals surface area contributed by atoms with E-state index in [2.05, 4.69) is 25.8 Å². The second-order valence-corrected chi connectivity index (χ2v) is 4.85. The SMILES string of the molecule is CCNC(=NCc1cccc(Cl)c1)NCc1nc(C)no1. The lowest BCUT2D eigenvalue weighted by Crippen LogP contribution is -2.36. The predicted octanol–water partition coefficient (Wildman–Crippen LogP) is 2.29. The molecule has 2 rings (SSSR count). The van der Waals surface area contributed by atoms with E-state index in [0.29, 0.717) is 35.8 Å². The quantitative estimate of drug-likeness (QED) is 0.655. The van der Waals surface area contributed by atoms with Gasteiger partial charge in [0.25, 0.3) is 0 Å². The fraction of sp³-hybridized carbons (Fsp3) is 0.357. The minimum atomic E-state index is 0.433. The Bertz CT molecular complexity index is 611. The Hall–Kier alpha value is -2.08. The maximum absolute atomic E-state index is 5.96. The van der Waals surface area contributed by atoms with E-state index < -0.39 is 0 Å². The molecule has 0 saturated heterocycles. The third kappa shape index (κ3) is 5.07. The molecule has 2 aromatic rings. The third-order valence-corrected chi connectivity index (χ3v) is 2.86. The Kier molecular flexibility index (Phi) is 5.57. The summed E-state index contributed by atoms with van der Waals surface area (Å²) in [5.74, 6) is 1.84. The molecule has 1 aromatic heterocycles. The minimum absolute atomic E-state index is 0.433. The van der Waals surface area contributed by atoms with Crippen molar-refractivity contribution >= 4 is 17.6 Å². The van der Waals surface area contributed by atoms with E-state index in [-0.39, 0.29) is 0 Å². The number of aliphatic imine (C=N–C) groups is 1. The lowest BCUT2D eigenvalue weighted by Gasteiger charge is -2.09. The van der Waals surface area contributed by atoms with Gasteiger partial charge in [-0.05, 0) is 31.5 Å². The molecule has 2 N–H and O–H groups in total. The van der Waals surface area contributed by atoms with Gasteiger partial charge in [-0.3, -0.25) is 0 Å². The largest absolute Gasteiger partial charge is 0.357 e. The van der Waals surface area contributed by atoms with E-state index in [9.17, 15) is 0 Å². The zero-order valence-corrected chi connectivity index (χ0v) is 12.8. The summed E-state index contributed by atoms with van der Waals surface area (Å²) >= 11 is 5.96. The molecular weight excluding hydrogens is 290 g/mol. The maximum Gasteiger partial charge on any atom is 0.246 e. The first-order valence-corrected chi connectivity index (χ1v) is 7.11. The van der Waals surface area contributed by atoms with E-state index in [1.54, 1.807) is 6.92 Å². The maximum atomic E-state index is 5.96. The Balaban J connectivity index is 1.95. The number of aryl methyl sites for hydroxylation is 1. The van der Waals surface area contributed by atoms with Crippen LogP contribution < -0.4 is 10.6 Å². The third-order valence-electron chi connectivity index (χ3n) is 2.63. The van der Waals surface area contributed by atoms with Crippen LogP contribution >= 0.6 is 11.6 Å². The van der Waals surface area contributed by atoms with Gasteiger partial charge < -0.3 is 15.2 Å². The van der Waals surface area contributed by atoms with Crippen molar-refractivity contribution in [3.8, 4) is 0 Å². The number of rotatable bonds is 5. The van der Waals surface area contributed by atoms with Gasteiger partial charge in [-0.1, -0.05) is 28.9 Å². The molecule has 0 amide bonds. The molecule has 7 heteroatoms. The van der Waals surface area contributed by atoms with Crippen molar-refractivity contribution in [1.29, 1.82) is 0 Å². The van der Waals surface area contributed by atoms with Crippen LogP contribution in [0.2, 0.25) is 5.02 Å². The van der Waals surface area contributed by atoms with Gasteiger partial charge in [0.2, 0.25) is 5.89 Å². The van der Waals surface area contributed by atoms with Crippen molar-refractivity contribution in [3.63, 3.8) is 0 Å². The highest BCUT2D eigenvalue weighted by Gasteiger charge is 2.04. The molecular formula is C14H18ClN5O. The molecule has 0 aliphatic heterocycles. The van der Waals surface area contributed by atoms with Crippen molar-refractivity contribution in [2.24, 2.45) is 4.99 Å². The molecule has 112 valence electrons. The van der Waals surface area contributed by atoms with E-state index in [0.717, 1.165) is 12.1 Å². The van der Waals surface area contributed by atoms with Crippen LogP contribution in [0.25, 0.3) is 0 Å². The molecule has 1 aromatic carbocycles. The first-order chi connectivity index (χ1) is 10.2. The molecule has 0 saturated carbocycles. The fourth-order valence-corrected chi connectivity index (χ4v) is 1.93. The monoisotopic (exact) mass is 307 g/mol. The van der Waals surface area contributed by atoms with Crippen molar-refractivity contribution in [3.05, 3.63) is 46.6 Å². The molecule has 0 radical (unpaired) electrons. The molecule has 0 aliphatic carbocycles. The average molecular weight is 308 g/mol. The highest BCUT2D eigenvalue weighted by atomic mass is 35.5. The topological polar surface area (TPSA) is 75.3 Å². The van der Waals surface area contributed by atoms with Crippen LogP contribution in [0.4, 0.5) is 0 Å². The van der Waals surface area contributed by atoms with Gasteiger partial charge in [0.1, 0.15) is 0 Å². The van der Waals surface area contributed by atoms with Gasteiger partial charge in [0.05, 0.1) is 13.1 Å². The molecule has 0 spiro atoms. The van der Waals surface area contributed by atoms with Crippen molar-refractivity contribution in [1.82, 2.24) is 20.8 Å². The predicted molar refractivity (Wildman–Crippen MR) is 82.1 cm³/mol. The molecule has 0 atom stereocenters. The summed E-state index contributed by atoms with van der Waals surface area (Å²) in [6.07, 6.45) is 0. The molecule has 21 heavy (non-hydrogen) atoms. The Morgan fingerprint density at radius 3 is 2.90 bits per heavy atom. The van der Waals surface area contributed by atoms with E-state index >= 15 is 0 Å². The highest BCUT2D eigenvalue weighted by molar-refractivity contribution is 6.30. The number of hydrogen-bond donors (Lipinski definition) is 2. The van der Waals surface area contributed by atoms with Crippen molar-refractivity contribution in [2.75, 3.05) is 6.54 Å². The second kappa shape index (κ2) is 7.64. The zero-order valence-electron chi connectivity index (χ0n) is 12.1. The van der Waals surface area contributed by atoms with Gasteiger partial charge in [0.15, 0.2) is 11.8 Å². The molecule has 0 aliphatic rings. The Morgan fingerprint density at radius 2 is 2.24 bits per heavy atom. The summed E-state index contributed by atoms with van der Waals surface area (Å²) in [7, 11) is 0. The molecule has 1 heterocycles. The summed E-state index contributed by atoms with van der Waals surface area (Å²) in [6, 6.07) is 7.64. The number of hydrogen-bond acceptors (Lipinski definition) is 4. The lowest BCUT2D eigenvalue weighted by atomic mass is 10.2. The summed E-state index contributed by atoms with van der Waals surface area (Å²) in [4.78, 5) is 8.62. The van der Waals surface area contributed by atoms with Crippen LogP contribution in [0.15, 0.2) is 33.8 Å². The average Bonchev–Trinajstić information content (AvgIpc) is 2.88. The summed E-state index contributed by atoms with van der Waals surface area (Å²) in [5, 5.41) is 10.8. The molecule has 0 fully saturated rings. The van der Waals surface area contributed by atoms with Gasteiger partial charge in [-0.2, -0.15) is 4.98 Å². The summed E-state index contributed by atoms with van der Waals surface area (Å²) in [5.41, 5.74) is 1.05. The normalized spacial score (nSPS) is 11.5. The van der Waals surface area contributed by atoms with E-state index in [1.165, 1.54) is 0 Å². The van der Waals surface area contributed by atoms with E-state index in [4.69, 9.17) is 16.1 Å². The van der Waals surface area contributed by atoms with Crippen LogP contribution in [-0.2, 0) is 13.1 Å². The summed E-state index contributed by atoms with van der Waals surface area (Å²) in [6.45, 7) is 5.53. The molecule has 6 nitrogen and oxygen atoms in total.